The normalized spacial score (nSPS) is 11.6. The Morgan fingerprint density at radius 1 is 0.636 bits per heavy atom. The average molecular weight is 461 g/mol. The zero-order valence-electron chi connectivity index (χ0n) is 23.8. The van der Waals surface area contributed by atoms with E-state index in [0.29, 0.717) is 12.8 Å². The summed E-state index contributed by atoms with van der Waals surface area (Å²) in [6.07, 6.45) is 4.43. The lowest BCUT2D eigenvalue weighted by atomic mass is 9.97. The number of unbranched alkanes of at least 4 members (excludes halogenated alkanes) is 2. The van der Waals surface area contributed by atoms with E-state index in [1.54, 1.807) is 0 Å². The Morgan fingerprint density at radius 3 is 1.36 bits per heavy atom. The number of rotatable bonds is 7. The van der Waals surface area contributed by atoms with Crippen molar-refractivity contribution in [3.05, 3.63) is 0 Å². The van der Waals surface area contributed by atoms with Gasteiger partial charge in [0.2, 0.25) is 11.8 Å². The molecule has 2 N–H and O–H groups in total. The molecule has 0 saturated heterocycles. The molecule has 0 rings (SSSR count). The fraction of sp³-hybridized carbons (Fsp3) is 0.793. The molecule has 0 atom stereocenters. The van der Waals surface area contributed by atoms with Crippen LogP contribution >= 0.6 is 0 Å². The summed E-state index contributed by atoms with van der Waals surface area (Å²) in [7, 11) is 0. The third kappa shape index (κ3) is 32.3. The van der Waals surface area contributed by atoms with E-state index >= 15 is 0 Å². The van der Waals surface area contributed by atoms with Crippen molar-refractivity contribution in [2.45, 2.75) is 127 Å². The number of carbonyl (C=O) groups is 2. The van der Waals surface area contributed by atoms with Crippen LogP contribution in [0.3, 0.4) is 0 Å². The van der Waals surface area contributed by atoms with Gasteiger partial charge >= 0.3 is 0 Å². The highest BCUT2D eigenvalue weighted by Gasteiger charge is 2.13. The number of nitrogens with one attached hydrogen (secondary N) is 2. The summed E-state index contributed by atoms with van der Waals surface area (Å²) in [6, 6.07) is 0. The van der Waals surface area contributed by atoms with Gasteiger partial charge in [-0.3, -0.25) is 9.59 Å². The Morgan fingerprint density at radius 2 is 1.03 bits per heavy atom. The summed E-state index contributed by atoms with van der Waals surface area (Å²) < 4.78 is 0. The standard InChI is InChI=1S/C15H27NO.C14H25NO/c1-14(2,3)11-9-7-8-10-13(17)16-12-15(4,5)6;1-13(2,3)11-9-7-8-10-12(16)15-14(4,5)6/h7-8,10,12H2,1-6H3,(H,16,17);7-8,10H2,1-6H3,(H,15,16). The van der Waals surface area contributed by atoms with E-state index in [0.717, 1.165) is 32.2 Å². The second-order valence-corrected chi connectivity index (χ2v) is 12.9. The minimum Gasteiger partial charge on any atom is -0.356 e. The van der Waals surface area contributed by atoms with Gasteiger partial charge in [0, 0.05) is 48.6 Å². The summed E-state index contributed by atoms with van der Waals surface area (Å²) >= 11 is 0. The molecule has 33 heavy (non-hydrogen) atoms. The van der Waals surface area contributed by atoms with Crippen LogP contribution in [-0.2, 0) is 9.59 Å². The molecular formula is C29H52N2O2. The maximum Gasteiger partial charge on any atom is 0.220 e. The average Bonchev–Trinajstić information content (AvgIpc) is 2.55. The molecular weight excluding hydrogens is 408 g/mol. The Hall–Kier alpha value is -1.94. The predicted molar refractivity (Wildman–Crippen MR) is 143 cm³/mol. The summed E-state index contributed by atoms with van der Waals surface area (Å²) in [5.74, 6) is 12.8. The highest BCUT2D eigenvalue weighted by Crippen LogP contribution is 2.12. The molecule has 0 aromatic rings. The Balaban J connectivity index is 0. The minimum atomic E-state index is -0.131. The summed E-state index contributed by atoms with van der Waals surface area (Å²) in [6.45, 7) is 25.6. The molecule has 0 saturated carbocycles. The minimum absolute atomic E-state index is 0.0632. The molecule has 0 aliphatic carbocycles. The first kappa shape index (κ1) is 33.2. The van der Waals surface area contributed by atoms with Gasteiger partial charge in [0.25, 0.3) is 0 Å². The topological polar surface area (TPSA) is 58.2 Å². The summed E-state index contributed by atoms with van der Waals surface area (Å²) in [5, 5.41) is 5.88. The van der Waals surface area contributed by atoms with Crippen molar-refractivity contribution < 1.29 is 9.59 Å². The third-order valence-corrected chi connectivity index (χ3v) is 3.67. The van der Waals surface area contributed by atoms with Crippen LogP contribution in [0.5, 0.6) is 0 Å². The van der Waals surface area contributed by atoms with Crippen LogP contribution in [0.15, 0.2) is 0 Å². The molecule has 4 heteroatoms. The molecule has 0 radical (unpaired) electrons. The van der Waals surface area contributed by atoms with E-state index in [4.69, 9.17) is 0 Å². The van der Waals surface area contributed by atoms with E-state index in [9.17, 15) is 9.59 Å². The molecule has 0 aromatic carbocycles. The maximum absolute atomic E-state index is 11.5. The fourth-order valence-electron chi connectivity index (χ4n) is 2.26. The first-order chi connectivity index (χ1) is 14.7. The monoisotopic (exact) mass is 460 g/mol. The van der Waals surface area contributed by atoms with Gasteiger partial charge in [0.05, 0.1) is 0 Å². The molecule has 0 heterocycles. The van der Waals surface area contributed by atoms with Gasteiger partial charge in [-0.15, -0.1) is 11.8 Å². The molecule has 0 unspecified atom stereocenters. The third-order valence-electron chi connectivity index (χ3n) is 3.67. The van der Waals surface area contributed by atoms with Gasteiger partial charge in [-0.2, -0.15) is 0 Å². The van der Waals surface area contributed by atoms with Crippen LogP contribution in [0, 0.1) is 39.9 Å². The molecule has 0 bridgehead atoms. The molecule has 0 fully saturated rings. The number of hydrogen-bond acceptors (Lipinski definition) is 2. The molecule has 2 amide bonds. The van der Waals surface area contributed by atoms with Crippen LogP contribution in [0.2, 0.25) is 0 Å². The van der Waals surface area contributed by atoms with Crippen molar-refractivity contribution in [1.29, 1.82) is 0 Å². The number of hydrogen-bond donors (Lipinski definition) is 2. The summed E-state index contributed by atoms with van der Waals surface area (Å²) in [4.78, 5) is 22.9. The molecule has 4 nitrogen and oxygen atoms in total. The van der Waals surface area contributed by atoms with Crippen molar-refractivity contribution in [3.63, 3.8) is 0 Å². The van der Waals surface area contributed by atoms with Gasteiger partial charge in [-0.05, 0) is 80.6 Å². The largest absolute Gasteiger partial charge is 0.356 e. The van der Waals surface area contributed by atoms with Gasteiger partial charge in [-0.25, -0.2) is 0 Å². The van der Waals surface area contributed by atoms with E-state index in [2.05, 4.69) is 96.6 Å². The first-order valence-corrected chi connectivity index (χ1v) is 12.3. The Bertz CT molecular complexity index is 700. The molecule has 0 spiro atoms. The zero-order valence-corrected chi connectivity index (χ0v) is 23.8. The number of amides is 2. The second-order valence-electron chi connectivity index (χ2n) is 12.9. The first-order valence-electron chi connectivity index (χ1n) is 12.3. The van der Waals surface area contributed by atoms with E-state index in [1.165, 1.54) is 0 Å². The highest BCUT2D eigenvalue weighted by atomic mass is 16.2. The second kappa shape index (κ2) is 15.1. The molecule has 0 aliphatic rings. The highest BCUT2D eigenvalue weighted by molar-refractivity contribution is 5.76. The van der Waals surface area contributed by atoms with Crippen LogP contribution < -0.4 is 10.6 Å². The van der Waals surface area contributed by atoms with Crippen LogP contribution in [0.25, 0.3) is 0 Å². The van der Waals surface area contributed by atoms with Crippen LogP contribution in [0.1, 0.15) is 122 Å². The summed E-state index contributed by atoms with van der Waals surface area (Å²) in [5.41, 5.74) is 0.151. The lowest BCUT2D eigenvalue weighted by Gasteiger charge is -2.20. The van der Waals surface area contributed by atoms with Gasteiger partial charge in [0.1, 0.15) is 0 Å². The molecule has 0 aliphatic heterocycles. The van der Waals surface area contributed by atoms with E-state index in [1.807, 2.05) is 20.8 Å². The molecule has 0 aromatic heterocycles. The SMILES string of the molecule is CC(C)(C)C#CCCCC(=O)NC(C)(C)C.CC(C)(C)C#CCCCC(=O)NCC(C)(C)C. The van der Waals surface area contributed by atoms with E-state index < -0.39 is 0 Å². The Kier molecular flexibility index (Phi) is 15.2. The van der Waals surface area contributed by atoms with Crippen molar-refractivity contribution in [2.75, 3.05) is 6.54 Å². The van der Waals surface area contributed by atoms with E-state index in [-0.39, 0.29) is 33.6 Å². The van der Waals surface area contributed by atoms with Gasteiger partial charge < -0.3 is 10.6 Å². The van der Waals surface area contributed by atoms with Crippen molar-refractivity contribution in [2.24, 2.45) is 16.2 Å². The predicted octanol–water partition coefficient (Wildman–Crippen LogP) is 6.49. The Labute approximate surface area is 205 Å². The van der Waals surface area contributed by atoms with Gasteiger partial charge in [0.15, 0.2) is 0 Å². The van der Waals surface area contributed by atoms with Crippen LogP contribution in [0.4, 0.5) is 0 Å². The lowest BCUT2D eigenvalue weighted by molar-refractivity contribution is -0.123. The lowest BCUT2D eigenvalue weighted by Crippen LogP contribution is -2.40. The molecule has 190 valence electrons. The zero-order chi connectivity index (χ0) is 26.3. The van der Waals surface area contributed by atoms with Gasteiger partial charge in [-0.1, -0.05) is 32.6 Å². The van der Waals surface area contributed by atoms with Crippen LogP contribution in [-0.4, -0.2) is 23.9 Å². The van der Waals surface area contributed by atoms with Crippen molar-refractivity contribution in [3.8, 4) is 23.7 Å². The quantitative estimate of drug-likeness (QED) is 0.337. The smallest absolute Gasteiger partial charge is 0.220 e. The number of carbonyl (C=O) groups excluding carboxylic acids is 2. The van der Waals surface area contributed by atoms with Crippen molar-refractivity contribution in [1.82, 2.24) is 10.6 Å². The maximum atomic E-state index is 11.5. The van der Waals surface area contributed by atoms with Crippen molar-refractivity contribution >= 4 is 11.8 Å². The fourth-order valence-corrected chi connectivity index (χ4v) is 2.26.